The highest BCUT2D eigenvalue weighted by molar-refractivity contribution is 5.83. The van der Waals surface area contributed by atoms with E-state index < -0.39 is 12.0 Å². The van der Waals surface area contributed by atoms with Gasteiger partial charge in [-0.15, -0.1) is 0 Å². The lowest BCUT2D eigenvalue weighted by molar-refractivity contribution is -0.150. The summed E-state index contributed by atoms with van der Waals surface area (Å²) < 4.78 is 5.85. The number of carbonyl (C=O) groups is 3. The van der Waals surface area contributed by atoms with Crippen LogP contribution in [0.15, 0.2) is 0 Å². The number of rotatable bonds is 39. The van der Waals surface area contributed by atoms with Crippen LogP contribution in [0.5, 0.6) is 0 Å². The standard InChI is InChI=1S/C42H82N2O5/c1-3-5-7-8-9-10-11-12-13-14-15-16-17-18-19-20-21-22-23-24-25-26-30-36-41(46)49-38(32-6-4-2)33-28-27-29-35-40(45)44-39(42(47)48)34-31-37-43/h38-39H,3-37,43H2,1-2H3,(H,44,45)(H,47,48). The number of carboxylic acid groups (broad SMARTS) is 1. The molecule has 0 saturated heterocycles. The predicted molar refractivity (Wildman–Crippen MR) is 207 cm³/mol. The number of carboxylic acids is 1. The normalized spacial score (nSPS) is 12.6. The van der Waals surface area contributed by atoms with Gasteiger partial charge in [-0.05, 0) is 51.5 Å². The molecule has 0 rings (SSSR count). The number of hydrogen-bond donors (Lipinski definition) is 3. The van der Waals surface area contributed by atoms with Crippen LogP contribution in [0.1, 0.15) is 232 Å². The van der Waals surface area contributed by atoms with E-state index >= 15 is 0 Å². The number of nitrogens with one attached hydrogen (secondary N) is 1. The summed E-state index contributed by atoms with van der Waals surface area (Å²) >= 11 is 0. The Morgan fingerprint density at radius 1 is 0.510 bits per heavy atom. The molecule has 0 radical (unpaired) electrons. The van der Waals surface area contributed by atoms with Gasteiger partial charge >= 0.3 is 11.9 Å². The Morgan fingerprint density at radius 3 is 1.33 bits per heavy atom. The molecule has 0 aliphatic carbocycles. The summed E-state index contributed by atoms with van der Waals surface area (Å²) in [5.74, 6) is -1.31. The summed E-state index contributed by atoms with van der Waals surface area (Å²) in [5, 5.41) is 11.9. The maximum absolute atomic E-state index is 12.5. The van der Waals surface area contributed by atoms with Crippen molar-refractivity contribution in [2.75, 3.05) is 6.54 Å². The lowest BCUT2D eigenvalue weighted by Crippen LogP contribution is -2.40. The average Bonchev–Trinajstić information content (AvgIpc) is 3.08. The highest BCUT2D eigenvalue weighted by atomic mass is 16.5. The molecular weight excluding hydrogens is 612 g/mol. The number of esters is 1. The number of unbranched alkanes of at least 4 members (excludes halogenated alkanes) is 25. The summed E-state index contributed by atoms with van der Waals surface area (Å²) in [6.07, 6.45) is 39.3. The monoisotopic (exact) mass is 695 g/mol. The molecule has 0 fully saturated rings. The minimum atomic E-state index is -1.02. The Labute approximate surface area is 303 Å². The molecule has 0 aromatic rings. The first kappa shape index (κ1) is 47.4. The number of ether oxygens (including phenoxy) is 1. The van der Waals surface area contributed by atoms with Crippen LogP contribution in [-0.2, 0) is 19.1 Å². The van der Waals surface area contributed by atoms with Crippen molar-refractivity contribution in [2.24, 2.45) is 5.73 Å². The van der Waals surface area contributed by atoms with Crippen LogP contribution in [0.2, 0.25) is 0 Å². The van der Waals surface area contributed by atoms with Gasteiger partial charge in [0.05, 0.1) is 0 Å². The van der Waals surface area contributed by atoms with E-state index in [9.17, 15) is 19.5 Å². The van der Waals surface area contributed by atoms with Gasteiger partial charge in [-0.3, -0.25) is 9.59 Å². The minimum absolute atomic E-state index is 0.0431. The molecule has 0 spiro atoms. The highest BCUT2D eigenvalue weighted by Crippen LogP contribution is 2.18. The Bertz CT molecular complexity index is 747. The molecule has 7 nitrogen and oxygen atoms in total. The van der Waals surface area contributed by atoms with E-state index in [0.717, 1.165) is 51.4 Å². The number of aliphatic carboxylic acids is 1. The Hall–Kier alpha value is -1.63. The molecule has 0 aliphatic rings. The van der Waals surface area contributed by atoms with Crippen molar-refractivity contribution in [3.8, 4) is 0 Å². The van der Waals surface area contributed by atoms with Gasteiger partial charge in [0.15, 0.2) is 0 Å². The van der Waals surface area contributed by atoms with Crippen molar-refractivity contribution >= 4 is 17.8 Å². The van der Waals surface area contributed by atoms with Gasteiger partial charge in [0.2, 0.25) is 5.91 Å². The molecule has 0 saturated carbocycles. The second-order valence-electron chi connectivity index (χ2n) is 14.8. The van der Waals surface area contributed by atoms with Gasteiger partial charge in [-0.25, -0.2) is 4.79 Å². The SMILES string of the molecule is CCCCCCCCCCCCCCCCCCCCCCCCCC(=O)OC(CCCC)CCCCCC(=O)NC(CCCN)C(=O)O. The summed E-state index contributed by atoms with van der Waals surface area (Å²) in [4.78, 5) is 36.0. The molecule has 0 bridgehead atoms. The van der Waals surface area contributed by atoms with Gasteiger partial charge < -0.3 is 20.9 Å². The quantitative estimate of drug-likeness (QED) is 0.0435. The maximum Gasteiger partial charge on any atom is 0.326 e. The van der Waals surface area contributed by atoms with E-state index in [0.29, 0.717) is 38.6 Å². The van der Waals surface area contributed by atoms with E-state index in [1.165, 1.54) is 135 Å². The molecule has 0 aromatic carbocycles. The van der Waals surface area contributed by atoms with Crippen LogP contribution in [0, 0.1) is 0 Å². The molecular formula is C42H82N2O5. The van der Waals surface area contributed by atoms with Crippen molar-refractivity contribution in [2.45, 2.75) is 244 Å². The summed E-state index contributed by atoms with van der Waals surface area (Å²) in [7, 11) is 0. The molecule has 0 aliphatic heterocycles. The van der Waals surface area contributed by atoms with Crippen LogP contribution in [0.4, 0.5) is 0 Å². The van der Waals surface area contributed by atoms with Crippen LogP contribution >= 0.6 is 0 Å². The van der Waals surface area contributed by atoms with Crippen molar-refractivity contribution < 1.29 is 24.2 Å². The van der Waals surface area contributed by atoms with E-state index in [1.54, 1.807) is 0 Å². The summed E-state index contributed by atoms with van der Waals surface area (Å²) in [5.41, 5.74) is 5.46. The molecule has 290 valence electrons. The number of hydrogen-bond acceptors (Lipinski definition) is 5. The zero-order valence-electron chi connectivity index (χ0n) is 32.6. The van der Waals surface area contributed by atoms with E-state index in [-0.39, 0.29) is 18.0 Å². The Morgan fingerprint density at radius 2 is 0.898 bits per heavy atom. The minimum Gasteiger partial charge on any atom is -0.480 e. The van der Waals surface area contributed by atoms with Gasteiger partial charge in [-0.1, -0.05) is 174 Å². The zero-order chi connectivity index (χ0) is 36.0. The maximum atomic E-state index is 12.5. The average molecular weight is 695 g/mol. The third-order valence-electron chi connectivity index (χ3n) is 9.92. The first-order valence-corrected chi connectivity index (χ1v) is 21.4. The topological polar surface area (TPSA) is 119 Å². The molecule has 2 atom stereocenters. The third-order valence-corrected chi connectivity index (χ3v) is 9.92. The molecule has 0 heterocycles. The van der Waals surface area contributed by atoms with Crippen molar-refractivity contribution in [3.05, 3.63) is 0 Å². The van der Waals surface area contributed by atoms with Crippen LogP contribution in [-0.4, -0.2) is 41.6 Å². The lowest BCUT2D eigenvalue weighted by Gasteiger charge is -2.18. The van der Waals surface area contributed by atoms with Crippen molar-refractivity contribution in [1.82, 2.24) is 5.32 Å². The zero-order valence-corrected chi connectivity index (χ0v) is 32.6. The molecule has 0 aromatic heterocycles. The second-order valence-corrected chi connectivity index (χ2v) is 14.8. The fraction of sp³-hybridized carbons (Fsp3) is 0.929. The number of nitrogens with two attached hydrogens (primary N) is 1. The Balaban J connectivity index is 3.67. The van der Waals surface area contributed by atoms with Crippen molar-refractivity contribution in [3.63, 3.8) is 0 Å². The first-order valence-electron chi connectivity index (χ1n) is 21.4. The van der Waals surface area contributed by atoms with Gasteiger partial charge in [0.25, 0.3) is 0 Å². The largest absolute Gasteiger partial charge is 0.480 e. The van der Waals surface area contributed by atoms with Gasteiger partial charge in [0.1, 0.15) is 12.1 Å². The molecule has 4 N–H and O–H groups in total. The van der Waals surface area contributed by atoms with Gasteiger partial charge in [-0.2, -0.15) is 0 Å². The molecule has 1 amide bonds. The number of carbonyl (C=O) groups excluding carboxylic acids is 2. The second kappa shape index (κ2) is 37.6. The highest BCUT2D eigenvalue weighted by Gasteiger charge is 2.19. The third kappa shape index (κ3) is 34.6. The predicted octanol–water partition coefficient (Wildman–Crippen LogP) is 11.7. The fourth-order valence-electron chi connectivity index (χ4n) is 6.67. The van der Waals surface area contributed by atoms with Gasteiger partial charge in [0, 0.05) is 12.8 Å². The lowest BCUT2D eigenvalue weighted by atomic mass is 10.0. The van der Waals surface area contributed by atoms with E-state index in [1.807, 2.05) is 0 Å². The summed E-state index contributed by atoms with van der Waals surface area (Å²) in [6.45, 7) is 4.84. The smallest absolute Gasteiger partial charge is 0.326 e. The van der Waals surface area contributed by atoms with Crippen LogP contribution in [0.25, 0.3) is 0 Å². The van der Waals surface area contributed by atoms with E-state index in [4.69, 9.17) is 10.5 Å². The van der Waals surface area contributed by atoms with Crippen LogP contribution < -0.4 is 11.1 Å². The van der Waals surface area contributed by atoms with Crippen LogP contribution in [0.3, 0.4) is 0 Å². The Kier molecular flexibility index (Phi) is 36.4. The van der Waals surface area contributed by atoms with Crippen molar-refractivity contribution in [1.29, 1.82) is 0 Å². The first-order chi connectivity index (χ1) is 23.9. The summed E-state index contributed by atoms with van der Waals surface area (Å²) in [6, 6.07) is -0.868. The van der Waals surface area contributed by atoms with E-state index in [2.05, 4.69) is 19.2 Å². The molecule has 2 unspecified atom stereocenters. The molecule has 7 heteroatoms. The molecule has 49 heavy (non-hydrogen) atoms. The number of amides is 1. The fourth-order valence-corrected chi connectivity index (χ4v) is 6.67.